The minimum Gasteiger partial charge on any atom is -0.381 e. The minimum absolute atomic E-state index is 0.287. The number of aryl methyl sites for hydroxylation is 2. The number of ether oxygens (including phenoxy) is 1. The van der Waals surface area contributed by atoms with E-state index in [1.807, 2.05) is 25.1 Å². The normalized spacial score (nSPS) is 18.0. The molecular weight excluding hydrogens is 280 g/mol. The summed E-state index contributed by atoms with van der Waals surface area (Å²) in [5.74, 6) is -0.0473. The zero-order valence-corrected chi connectivity index (χ0v) is 13.2. The van der Waals surface area contributed by atoms with E-state index in [1.54, 1.807) is 0 Å². The van der Waals surface area contributed by atoms with Crippen molar-refractivity contribution in [2.45, 2.75) is 26.7 Å². The number of hydrogen-bond donors (Lipinski definition) is 3. The van der Waals surface area contributed by atoms with Crippen LogP contribution >= 0.6 is 0 Å². The van der Waals surface area contributed by atoms with Gasteiger partial charge in [0.05, 0.1) is 12.0 Å². The molecular formula is C16H24N4O2. The van der Waals surface area contributed by atoms with Crippen LogP contribution in [0.1, 0.15) is 24.0 Å². The molecule has 1 aliphatic rings. The number of nitrogens with zero attached hydrogens (tertiary/aromatic N) is 1. The lowest BCUT2D eigenvalue weighted by Gasteiger charge is -2.32. The third-order valence-electron chi connectivity index (χ3n) is 4.30. The number of nitrogens with two attached hydrogens (primary N) is 2. The van der Waals surface area contributed by atoms with Crippen LogP contribution in [0.4, 0.5) is 5.69 Å². The van der Waals surface area contributed by atoms with E-state index in [0.29, 0.717) is 26.1 Å². The molecule has 1 heterocycles. The predicted molar refractivity (Wildman–Crippen MR) is 87.7 cm³/mol. The Kier molecular flexibility index (Phi) is 5.03. The summed E-state index contributed by atoms with van der Waals surface area (Å²) in [6, 6.07) is 5.98. The number of nitrogens with one attached hydrogen (secondary N) is 1. The monoisotopic (exact) mass is 304 g/mol. The van der Waals surface area contributed by atoms with Crippen LogP contribution in [0.25, 0.3) is 0 Å². The van der Waals surface area contributed by atoms with E-state index >= 15 is 0 Å². The van der Waals surface area contributed by atoms with E-state index in [-0.39, 0.29) is 18.4 Å². The van der Waals surface area contributed by atoms with Crippen LogP contribution in [-0.2, 0) is 9.53 Å². The van der Waals surface area contributed by atoms with Crippen molar-refractivity contribution in [3.63, 3.8) is 0 Å². The zero-order valence-electron chi connectivity index (χ0n) is 13.2. The van der Waals surface area contributed by atoms with Gasteiger partial charge in [0.15, 0.2) is 5.96 Å². The van der Waals surface area contributed by atoms with E-state index in [9.17, 15) is 4.79 Å². The quantitative estimate of drug-likeness (QED) is 0.576. The summed E-state index contributed by atoms with van der Waals surface area (Å²) in [4.78, 5) is 16.1. The number of rotatable bonds is 4. The van der Waals surface area contributed by atoms with Crippen LogP contribution in [0.15, 0.2) is 23.2 Å². The van der Waals surface area contributed by atoms with Gasteiger partial charge < -0.3 is 21.5 Å². The highest BCUT2D eigenvalue weighted by atomic mass is 16.5. The first-order valence-electron chi connectivity index (χ1n) is 7.45. The Morgan fingerprint density at radius 2 is 1.95 bits per heavy atom. The van der Waals surface area contributed by atoms with Crippen LogP contribution in [0.3, 0.4) is 0 Å². The number of aliphatic imine (C=N–C) groups is 1. The lowest BCUT2D eigenvalue weighted by molar-refractivity contribution is -0.132. The third kappa shape index (κ3) is 3.76. The van der Waals surface area contributed by atoms with Crippen molar-refractivity contribution in [2.75, 3.05) is 25.1 Å². The highest BCUT2D eigenvalue weighted by Crippen LogP contribution is 2.30. The zero-order chi connectivity index (χ0) is 16.2. The van der Waals surface area contributed by atoms with E-state index < -0.39 is 5.41 Å². The first-order valence-corrected chi connectivity index (χ1v) is 7.45. The van der Waals surface area contributed by atoms with Gasteiger partial charge in [-0.2, -0.15) is 0 Å². The maximum absolute atomic E-state index is 11.8. The van der Waals surface area contributed by atoms with Gasteiger partial charge in [0, 0.05) is 18.9 Å². The number of carbonyl (C=O) groups is 1. The van der Waals surface area contributed by atoms with Crippen LogP contribution in [0.5, 0.6) is 0 Å². The molecule has 0 unspecified atom stereocenters. The summed E-state index contributed by atoms with van der Waals surface area (Å²) in [6.45, 7) is 5.44. The fraction of sp³-hybridized carbons (Fsp3) is 0.500. The van der Waals surface area contributed by atoms with Crippen LogP contribution in [0, 0.1) is 19.3 Å². The van der Waals surface area contributed by atoms with Gasteiger partial charge in [0.1, 0.15) is 0 Å². The summed E-state index contributed by atoms with van der Waals surface area (Å²) in [5.41, 5.74) is 14.1. The molecule has 5 N–H and O–H groups in total. The highest BCUT2D eigenvalue weighted by Gasteiger charge is 2.38. The van der Waals surface area contributed by atoms with Gasteiger partial charge >= 0.3 is 0 Å². The Bertz CT molecular complexity index is 578. The number of hydrogen-bond acceptors (Lipinski definition) is 3. The van der Waals surface area contributed by atoms with Crippen LogP contribution in [-0.4, -0.2) is 31.6 Å². The van der Waals surface area contributed by atoms with E-state index in [0.717, 1.165) is 5.69 Å². The van der Waals surface area contributed by atoms with E-state index in [4.69, 9.17) is 16.2 Å². The highest BCUT2D eigenvalue weighted by molar-refractivity contribution is 5.92. The number of amides is 1. The first-order chi connectivity index (χ1) is 10.4. The molecule has 1 fully saturated rings. The molecule has 22 heavy (non-hydrogen) atoms. The Labute approximate surface area is 130 Å². The van der Waals surface area contributed by atoms with Crippen molar-refractivity contribution in [3.05, 3.63) is 29.3 Å². The van der Waals surface area contributed by atoms with Gasteiger partial charge in [-0.05, 0) is 49.9 Å². The summed E-state index contributed by atoms with van der Waals surface area (Å²) in [6.07, 6.45) is 1.17. The molecule has 0 spiro atoms. The molecule has 0 aliphatic carbocycles. The first kappa shape index (κ1) is 16.3. The summed E-state index contributed by atoms with van der Waals surface area (Å²) >= 11 is 0. The molecule has 6 heteroatoms. The molecule has 1 aromatic rings. The molecule has 0 saturated carbocycles. The SMILES string of the molecule is Cc1ccc(NC(N)=NCC2(C(N)=O)CCOCC2)cc1C. The standard InChI is InChI=1S/C16H24N4O2/c1-11-3-4-13(9-12(11)2)20-15(18)19-10-16(14(17)21)5-7-22-8-6-16/h3-4,9H,5-8,10H2,1-2H3,(H2,17,21)(H3,18,19,20). The Balaban J connectivity index is 2.04. The van der Waals surface area contributed by atoms with Gasteiger partial charge in [0.2, 0.25) is 5.91 Å². The number of primary amides is 1. The van der Waals surface area contributed by atoms with Gasteiger partial charge in [-0.1, -0.05) is 6.07 Å². The molecule has 0 atom stereocenters. The van der Waals surface area contributed by atoms with Crippen molar-refractivity contribution in [1.29, 1.82) is 0 Å². The summed E-state index contributed by atoms with van der Waals surface area (Å²) < 4.78 is 5.30. The molecule has 6 nitrogen and oxygen atoms in total. The molecule has 1 aliphatic heterocycles. The molecule has 1 saturated heterocycles. The van der Waals surface area contributed by atoms with Gasteiger partial charge in [0.25, 0.3) is 0 Å². The average molecular weight is 304 g/mol. The topological polar surface area (TPSA) is 103 Å². The van der Waals surface area contributed by atoms with Crippen molar-refractivity contribution in [1.82, 2.24) is 0 Å². The molecule has 0 radical (unpaired) electrons. The number of anilines is 1. The molecule has 1 aromatic carbocycles. The van der Waals surface area contributed by atoms with Gasteiger partial charge in [-0.15, -0.1) is 0 Å². The number of benzene rings is 1. The van der Waals surface area contributed by atoms with Crippen LogP contribution in [0.2, 0.25) is 0 Å². The smallest absolute Gasteiger partial charge is 0.225 e. The Morgan fingerprint density at radius 1 is 1.27 bits per heavy atom. The van der Waals surface area contributed by atoms with E-state index in [1.165, 1.54) is 11.1 Å². The second-order valence-corrected chi connectivity index (χ2v) is 5.88. The number of guanidine groups is 1. The Hall–Kier alpha value is -2.08. The van der Waals surface area contributed by atoms with Crippen molar-refractivity contribution in [2.24, 2.45) is 21.9 Å². The summed E-state index contributed by atoms with van der Waals surface area (Å²) in [7, 11) is 0. The average Bonchev–Trinajstić information content (AvgIpc) is 2.50. The fourth-order valence-corrected chi connectivity index (χ4v) is 2.49. The largest absolute Gasteiger partial charge is 0.381 e. The van der Waals surface area contributed by atoms with E-state index in [2.05, 4.69) is 17.2 Å². The van der Waals surface area contributed by atoms with Gasteiger partial charge in [-0.3, -0.25) is 9.79 Å². The minimum atomic E-state index is -0.645. The van der Waals surface area contributed by atoms with Crippen molar-refractivity contribution in [3.8, 4) is 0 Å². The van der Waals surface area contributed by atoms with Crippen molar-refractivity contribution < 1.29 is 9.53 Å². The Morgan fingerprint density at radius 3 is 2.55 bits per heavy atom. The second-order valence-electron chi connectivity index (χ2n) is 5.88. The molecule has 0 aromatic heterocycles. The van der Waals surface area contributed by atoms with Crippen LogP contribution < -0.4 is 16.8 Å². The second kappa shape index (κ2) is 6.79. The number of carbonyl (C=O) groups excluding carboxylic acids is 1. The molecule has 1 amide bonds. The maximum Gasteiger partial charge on any atom is 0.225 e. The van der Waals surface area contributed by atoms with Crippen molar-refractivity contribution >= 4 is 17.6 Å². The predicted octanol–water partition coefficient (Wildman–Crippen LogP) is 1.31. The lowest BCUT2D eigenvalue weighted by Crippen LogP contribution is -2.44. The fourth-order valence-electron chi connectivity index (χ4n) is 2.49. The van der Waals surface area contributed by atoms with Gasteiger partial charge in [-0.25, -0.2) is 0 Å². The molecule has 120 valence electrons. The maximum atomic E-state index is 11.8. The lowest BCUT2D eigenvalue weighted by atomic mass is 9.79. The molecule has 0 bridgehead atoms. The third-order valence-corrected chi connectivity index (χ3v) is 4.30. The summed E-state index contributed by atoms with van der Waals surface area (Å²) in [5, 5.41) is 3.05. The molecule has 2 rings (SSSR count).